The predicted molar refractivity (Wildman–Crippen MR) is 57.7 cm³/mol. The summed E-state index contributed by atoms with van der Waals surface area (Å²) in [6.45, 7) is 1.84. The van der Waals surface area contributed by atoms with Gasteiger partial charge in [0.2, 0.25) is 5.76 Å². The van der Waals surface area contributed by atoms with Crippen LogP contribution in [-0.2, 0) is 16.0 Å². The first-order valence-corrected chi connectivity index (χ1v) is 5.23. The third-order valence-electron chi connectivity index (χ3n) is 2.92. The topological polar surface area (TPSA) is 72.1 Å². The van der Waals surface area contributed by atoms with E-state index >= 15 is 0 Å². The lowest BCUT2D eigenvalue weighted by molar-refractivity contribution is -0.277. The normalized spacial score (nSPS) is 18.9. The van der Waals surface area contributed by atoms with E-state index in [9.17, 15) is 4.79 Å². The molecule has 1 aliphatic rings. The van der Waals surface area contributed by atoms with Crippen LogP contribution in [0.1, 0.15) is 16.3 Å². The standard InChI is InChI=1S/C11H15NO5/c1-15-11(16-2)6-12(7-11)5-8-3-4-9(17-8)10(13)14/h3-4H,5-7H2,1-2H3,(H,13,14). The molecule has 0 radical (unpaired) electrons. The molecule has 6 nitrogen and oxygen atoms in total. The minimum Gasteiger partial charge on any atom is -0.475 e. The number of hydrogen-bond donors (Lipinski definition) is 1. The highest BCUT2D eigenvalue weighted by molar-refractivity contribution is 5.84. The highest BCUT2D eigenvalue weighted by Gasteiger charge is 2.43. The molecule has 1 aromatic rings. The first kappa shape index (κ1) is 12.1. The van der Waals surface area contributed by atoms with Gasteiger partial charge in [-0.05, 0) is 12.1 Å². The number of hydrogen-bond acceptors (Lipinski definition) is 5. The molecular weight excluding hydrogens is 226 g/mol. The van der Waals surface area contributed by atoms with Gasteiger partial charge in [-0.2, -0.15) is 0 Å². The summed E-state index contributed by atoms with van der Waals surface area (Å²) in [6.07, 6.45) is 0. The average molecular weight is 241 g/mol. The van der Waals surface area contributed by atoms with Gasteiger partial charge in [0.15, 0.2) is 5.79 Å². The van der Waals surface area contributed by atoms with Crippen molar-refractivity contribution in [3.05, 3.63) is 23.7 Å². The van der Waals surface area contributed by atoms with Crippen LogP contribution in [0.15, 0.2) is 16.5 Å². The summed E-state index contributed by atoms with van der Waals surface area (Å²) >= 11 is 0. The Labute approximate surface area is 98.7 Å². The molecule has 0 aromatic carbocycles. The summed E-state index contributed by atoms with van der Waals surface area (Å²) in [5.41, 5.74) is 0. The first-order valence-electron chi connectivity index (χ1n) is 5.23. The van der Waals surface area contributed by atoms with Crippen LogP contribution in [0, 0.1) is 0 Å². The molecule has 1 aromatic heterocycles. The lowest BCUT2D eigenvalue weighted by Gasteiger charge is -2.47. The van der Waals surface area contributed by atoms with Crippen molar-refractivity contribution in [2.45, 2.75) is 12.3 Å². The number of carboxylic acid groups (broad SMARTS) is 1. The number of rotatable bonds is 5. The lowest BCUT2D eigenvalue weighted by Crippen LogP contribution is -2.63. The van der Waals surface area contributed by atoms with Crippen LogP contribution >= 0.6 is 0 Å². The summed E-state index contributed by atoms with van der Waals surface area (Å²) < 4.78 is 15.7. The molecule has 2 heterocycles. The Morgan fingerprint density at radius 2 is 2.12 bits per heavy atom. The molecule has 17 heavy (non-hydrogen) atoms. The quantitative estimate of drug-likeness (QED) is 0.768. The van der Waals surface area contributed by atoms with E-state index < -0.39 is 11.8 Å². The number of ether oxygens (including phenoxy) is 2. The van der Waals surface area contributed by atoms with Crippen molar-refractivity contribution < 1.29 is 23.8 Å². The van der Waals surface area contributed by atoms with Crippen molar-refractivity contribution in [1.29, 1.82) is 0 Å². The molecule has 0 saturated carbocycles. The van der Waals surface area contributed by atoms with Crippen LogP contribution in [0.25, 0.3) is 0 Å². The van der Waals surface area contributed by atoms with Gasteiger partial charge in [0.25, 0.3) is 0 Å². The monoisotopic (exact) mass is 241 g/mol. The third-order valence-corrected chi connectivity index (χ3v) is 2.92. The zero-order valence-corrected chi connectivity index (χ0v) is 9.80. The van der Waals surface area contributed by atoms with Gasteiger partial charge >= 0.3 is 5.97 Å². The summed E-state index contributed by atoms with van der Waals surface area (Å²) in [5, 5.41) is 8.72. The van der Waals surface area contributed by atoms with E-state index in [1.807, 2.05) is 0 Å². The van der Waals surface area contributed by atoms with Crippen molar-refractivity contribution in [3.8, 4) is 0 Å². The molecule has 1 N–H and O–H groups in total. The van der Waals surface area contributed by atoms with Gasteiger partial charge in [-0.25, -0.2) is 4.79 Å². The maximum atomic E-state index is 10.6. The van der Waals surface area contributed by atoms with Crippen molar-refractivity contribution in [2.24, 2.45) is 0 Å². The van der Waals surface area contributed by atoms with Crippen LogP contribution in [0.3, 0.4) is 0 Å². The zero-order chi connectivity index (χ0) is 12.5. The molecule has 0 spiro atoms. The number of carbonyl (C=O) groups is 1. The SMILES string of the molecule is COC1(OC)CN(Cc2ccc(C(=O)O)o2)C1. The molecule has 0 bridgehead atoms. The Kier molecular flexibility index (Phi) is 3.19. The van der Waals surface area contributed by atoms with Gasteiger partial charge in [-0.15, -0.1) is 0 Å². The largest absolute Gasteiger partial charge is 0.475 e. The molecule has 0 aliphatic carbocycles. The van der Waals surface area contributed by atoms with Crippen LogP contribution in [0.2, 0.25) is 0 Å². The van der Waals surface area contributed by atoms with Gasteiger partial charge in [0.1, 0.15) is 5.76 Å². The fourth-order valence-corrected chi connectivity index (χ4v) is 1.89. The summed E-state index contributed by atoms with van der Waals surface area (Å²) in [5.74, 6) is -0.987. The second-order valence-electron chi connectivity index (χ2n) is 4.04. The Balaban J connectivity index is 1.89. The number of furan rings is 1. The van der Waals surface area contributed by atoms with E-state index in [2.05, 4.69) is 4.90 Å². The van der Waals surface area contributed by atoms with Crippen molar-refractivity contribution in [3.63, 3.8) is 0 Å². The lowest BCUT2D eigenvalue weighted by atomic mass is 10.1. The van der Waals surface area contributed by atoms with Crippen LogP contribution < -0.4 is 0 Å². The molecule has 0 unspecified atom stereocenters. The molecular formula is C11H15NO5. The summed E-state index contributed by atoms with van der Waals surface area (Å²) in [4.78, 5) is 12.7. The maximum absolute atomic E-state index is 10.6. The van der Waals surface area contributed by atoms with Gasteiger partial charge in [0.05, 0.1) is 19.6 Å². The molecule has 1 saturated heterocycles. The number of likely N-dealkylation sites (tertiary alicyclic amines) is 1. The number of methoxy groups -OCH3 is 2. The molecule has 94 valence electrons. The van der Waals surface area contributed by atoms with Gasteiger partial charge in [0, 0.05) is 14.2 Å². The molecule has 2 rings (SSSR count). The third kappa shape index (κ3) is 2.33. The molecule has 0 amide bonds. The van der Waals surface area contributed by atoms with Gasteiger partial charge in [-0.1, -0.05) is 0 Å². The van der Waals surface area contributed by atoms with Crippen LogP contribution in [0.5, 0.6) is 0 Å². The minimum atomic E-state index is -1.05. The second kappa shape index (κ2) is 4.48. The predicted octanol–water partition coefficient (Wildman–Crippen LogP) is 0.782. The van der Waals surface area contributed by atoms with E-state index in [1.54, 1.807) is 20.3 Å². The van der Waals surface area contributed by atoms with Gasteiger partial charge < -0.3 is 19.0 Å². The van der Waals surface area contributed by atoms with Gasteiger partial charge in [-0.3, -0.25) is 4.90 Å². The molecule has 0 atom stereocenters. The Morgan fingerprint density at radius 3 is 2.59 bits per heavy atom. The van der Waals surface area contributed by atoms with Crippen LogP contribution in [-0.4, -0.2) is 49.1 Å². The molecule has 1 fully saturated rings. The summed E-state index contributed by atoms with van der Waals surface area (Å²) in [7, 11) is 3.21. The van der Waals surface area contributed by atoms with Crippen LogP contribution in [0.4, 0.5) is 0 Å². The van der Waals surface area contributed by atoms with E-state index in [1.165, 1.54) is 6.07 Å². The fourth-order valence-electron chi connectivity index (χ4n) is 1.89. The fraction of sp³-hybridized carbons (Fsp3) is 0.545. The maximum Gasteiger partial charge on any atom is 0.371 e. The van der Waals surface area contributed by atoms with E-state index in [0.29, 0.717) is 25.4 Å². The van der Waals surface area contributed by atoms with E-state index in [4.69, 9.17) is 19.0 Å². The Morgan fingerprint density at radius 1 is 1.47 bits per heavy atom. The Hall–Kier alpha value is -1.37. The van der Waals surface area contributed by atoms with Crippen molar-refractivity contribution >= 4 is 5.97 Å². The summed E-state index contributed by atoms with van der Waals surface area (Å²) in [6, 6.07) is 3.13. The van der Waals surface area contributed by atoms with Crippen molar-refractivity contribution in [1.82, 2.24) is 4.90 Å². The number of aromatic carboxylic acids is 1. The zero-order valence-electron chi connectivity index (χ0n) is 9.80. The minimum absolute atomic E-state index is 0.0368. The number of carboxylic acids is 1. The highest BCUT2D eigenvalue weighted by atomic mass is 16.7. The van der Waals surface area contributed by atoms with E-state index in [-0.39, 0.29) is 5.76 Å². The van der Waals surface area contributed by atoms with E-state index in [0.717, 1.165) is 0 Å². The highest BCUT2D eigenvalue weighted by Crippen LogP contribution is 2.27. The first-order chi connectivity index (χ1) is 8.08. The average Bonchev–Trinajstić information content (AvgIpc) is 2.71. The Bertz CT molecular complexity index is 402. The molecule has 1 aliphatic heterocycles. The smallest absolute Gasteiger partial charge is 0.371 e. The van der Waals surface area contributed by atoms with Crippen molar-refractivity contribution in [2.75, 3.05) is 27.3 Å². The molecule has 6 heteroatoms. The number of nitrogens with zero attached hydrogens (tertiary/aromatic N) is 1. The second-order valence-corrected chi connectivity index (χ2v) is 4.04.